The van der Waals surface area contributed by atoms with Gasteiger partial charge in [-0.1, -0.05) is 30.3 Å². The van der Waals surface area contributed by atoms with Crippen molar-refractivity contribution in [3.63, 3.8) is 0 Å². The zero-order valence-corrected chi connectivity index (χ0v) is 12.7. The van der Waals surface area contributed by atoms with Crippen molar-refractivity contribution in [2.75, 3.05) is 7.11 Å². The molecule has 1 atom stereocenters. The van der Waals surface area contributed by atoms with Crippen LogP contribution in [0.15, 0.2) is 48.5 Å². The van der Waals surface area contributed by atoms with Crippen LogP contribution in [0.25, 0.3) is 0 Å². The van der Waals surface area contributed by atoms with Gasteiger partial charge in [0.1, 0.15) is 5.75 Å². The Kier molecular flexibility index (Phi) is 5.24. The van der Waals surface area contributed by atoms with Crippen LogP contribution in [-0.4, -0.2) is 11.3 Å². The smallest absolute Gasteiger partial charge is 0.416 e. The molecule has 0 heterocycles. The third kappa shape index (κ3) is 4.59. The predicted octanol–water partition coefficient (Wildman–Crippen LogP) is 4.16. The molecule has 0 saturated heterocycles. The zero-order valence-electron chi connectivity index (χ0n) is 11.9. The second-order valence-electron chi connectivity index (χ2n) is 4.78. The molecule has 0 aliphatic heterocycles. The summed E-state index contributed by atoms with van der Waals surface area (Å²) in [4.78, 5) is 0. The molecule has 118 valence electrons. The van der Waals surface area contributed by atoms with Crippen LogP contribution < -0.4 is 4.74 Å². The highest BCUT2D eigenvalue weighted by Crippen LogP contribution is 2.29. The van der Waals surface area contributed by atoms with E-state index in [4.69, 9.17) is 4.74 Å². The van der Waals surface area contributed by atoms with Crippen molar-refractivity contribution in [1.29, 1.82) is 0 Å². The molecule has 22 heavy (non-hydrogen) atoms. The lowest BCUT2D eigenvalue weighted by atomic mass is 10.1. The van der Waals surface area contributed by atoms with Crippen molar-refractivity contribution < 1.29 is 22.1 Å². The third-order valence-electron chi connectivity index (χ3n) is 3.04. The fourth-order valence-electron chi connectivity index (χ4n) is 2.02. The first-order valence-electron chi connectivity index (χ1n) is 6.52. The maximum atomic E-state index is 12.6. The van der Waals surface area contributed by atoms with E-state index >= 15 is 0 Å². The molecule has 0 aliphatic rings. The number of ether oxygens (including phenoxy) is 1. The number of hydrogen-bond donors (Lipinski definition) is 0. The fraction of sp³-hybridized carbons (Fsp3) is 0.250. The summed E-state index contributed by atoms with van der Waals surface area (Å²) in [5.41, 5.74) is 0.518. The number of benzene rings is 2. The molecule has 0 fully saturated rings. The van der Waals surface area contributed by atoms with Crippen LogP contribution in [0.2, 0.25) is 0 Å². The Morgan fingerprint density at radius 1 is 1.00 bits per heavy atom. The van der Waals surface area contributed by atoms with Crippen molar-refractivity contribution in [2.24, 2.45) is 0 Å². The summed E-state index contributed by atoms with van der Waals surface area (Å²) in [5.74, 6) is 1.02. The van der Waals surface area contributed by atoms with Gasteiger partial charge in [-0.25, -0.2) is 0 Å². The Morgan fingerprint density at radius 2 is 1.59 bits per heavy atom. The van der Waals surface area contributed by atoms with E-state index in [9.17, 15) is 17.4 Å². The third-order valence-corrected chi connectivity index (χ3v) is 4.35. The molecule has 0 amide bonds. The van der Waals surface area contributed by atoms with Crippen LogP contribution in [0.3, 0.4) is 0 Å². The summed E-state index contributed by atoms with van der Waals surface area (Å²) in [5, 5.41) is 0. The summed E-state index contributed by atoms with van der Waals surface area (Å²) < 4.78 is 55.2. The molecule has 1 unspecified atom stereocenters. The van der Waals surface area contributed by atoms with Crippen molar-refractivity contribution in [1.82, 2.24) is 0 Å². The van der Waals surface area contributed by atoms with Gasteiger partial charge in [0.15, 0.2) is 0 Å². The molecule has 0 spiro atoms. The molecule has 2 aromatic carbocycles. The van der Waals surface area contributed by atoms with Crippen LogP contribution >= 0.6 is 0 Å². The van der Waals surface area contributed by atoms with Crippen molar-refractivity contribution in [3.8, 4) is 5.75 Å². The number of hydrogen-bond acceptors (Lipinski definition) is 2. The summed E-state index contributed by atoms with van der Waals surface area (Å²) in [7, 11) is 0.250. The monoisotopic (exact) mass is 328 g/mol. The standard InChI is InChI=1S/C16H15F3O2S/c1-21-15-7-3-5-13(9-15)11-22(20)10-12-4-2-6-14(8-12)16(17,18)19/h2-9H,10-11H2,1H3. The van der Waals surface area contributed by atoms with Crippen molar-refractivity contribution >= 4 is 10.8 Å². The van der Waals surface area contributed by atoms with Gasteiger partial charge in [-0.2, -0.15) is 13.2 Å². The molecule has 2 rings (SSSR count). The van der Waals surface area contributed by atoms with Crippen molar-refractivity contribution in [3.05, 3.63) is 65.2 Å². The number of alkyl halides is 3. The van der Waals surface area contributed by atoms with E-state index in [2.05, 4.69) is 0 Å². The summed E-state index contributed by atoms with van der Waals surface area (Å²) in [6, 6.07) is 12.1. The molecule has 0 aromatic heterocycles. The van der Waals surface area contributed by atoms with Crippen molar-refractivity contribution in [2.45, 2.75) is 17.7 Å². The Morgan fingerprint density at radius 3 is 2.18 bits per heavy atom. The highest BCUT2D eigenvalue weighted by atomic mass is 32.2. The predicted molar refractivity (Wildman–Crippen MR) is 80.0 cm³/mol. The minimum absolute atomic E-state index is 0.0845. The Balaban J connectivity index is 2.06. The van der Waals surface area contributed by atoms with Crippen LogP contribution in [-0.2, 0) is 28.5 Å². The van der Waals surface area contributed by atoms with E-state index in [-0.39, 0.29) is 11.5 Å². The van der Waals surface area contributed by atoms with Gasteiger partial charge in [0.05, 0.1) is 12.7 Å². The Hall–Kier alpha value is -1.82. The average Bonchev–Trinajstić information content (AvgIpc) is 2.46. The van der Waals surface area contributed by atoms with Gasteiger partial charge in [0.2, 0.25) is 0 Å². The van der Waals surface area contributed by atoms with E-state index in [1.165, 1.54) is 6.07 Å². The minimum atomic E-state index is -4.38. The van der Waals surface area contributed by atoms with Crippen LogP contribution in [0.5, 0.6) is 5.75 Å². The molecule has 6 heteroatoms. The Bertz CT molecular complexity index is 668. The van der Waals surface area contributed by atoms with Gasteiger partial charge in [-0.05, 0) is 29.3 Å². The maximum absolute atomic E-state index is 12.6. The second-order valence-corrected chi connectivity index (χ2v) is 6.24. The molecule has 0 radical (unpaired) electrons. The molecular weight excluding hydrogens is 313 g/mol. The van der Waals surface area contributed by atoms with Crippen LogP contribution in [0, 0.1) is 0 Å². The van der Waals surface area contributed by atoms with E-state index < -0.39 is 22.5 Å². The van der Waals surface area contributed by atoms with E-state index in [0.29, 0.717) is 11.3 Å². The van der Waals surface area contributed by atoms with Gasteiger partial charge >= 0.3 is 6.18 Å². The first-order chi connectivity index (χ1) is 10.4. The molecule has 2 nitrogen and oxygen atoms in total. The first-order valence-corrected chi connectivity index (χ1v) is 8.01. The lowest BCUT2D eigenvalue weighted by Crippen LogP contribution is -2.06. The van der Waals surface area contributed by atoms with Gasteiger partial charge < -0.3 is 4.74 Å². The normalized spacial score (nSPS) is 12.9. The highest BCUT2D eigenvalue weighted by Gasteiger charge is 2.30. The largest absolute Gasteiger partial charge is 0.497 e. The summed E-state index contributed by atoms with van der Waals surface area (Å²) in [6.45, 7) is 0. The highest BCUT2D eigenvalue weighted by molar-refractivity contribution is 7.83. The molecule has 0 N–H and O–H groups in total. The fourth-order valence-corrected chi connectivity index (χ4v) is 3.23. The zero-order chi connectivity index (χ0) is 16.2. The SMILES string of the molecule is COc1cccc(CS(=O)Cc2cccc(C(F)(F)F)c2)c1. The molecule has 0 bridgehead atoms. The average molecular weight is 328 g/mol. The van der Waals surface area contributed by atoms with Gasteiger partial charge in [0.25, 0.3) is 0 Å². The van der Waals surface area contributed by atoms with Crippen LogP contribution in [0.1, 0.15) is 16.7 Å². The van der Waals surface area contributed by atoms with E-state index in [1.54, 1.807) is 31.4 Å². The minimum Gasteiger partial charge on any atom is -0.497 e. The number of rotatable bonds is 5. The second kappa shape index (κ2) is 6.96. The van der Waals surface area contributed by atoms with E-state index in [0.717, 1.165) is 17.7 Å². The van der Waals surface area contributed by atoms with E-state index in [1.807, 2.05) is 6.07 Å². The molecule has 2 aromatic rings. The van der Waals surface area contributed by atoms with Crippen LogP contribution in [0.4, 0.5) is 13.2 Å². The Labute approximate surface area is 129 Å². The van der Waals surface area contributed by atoms with Gasteiger partial charge in [0, 0.05) is 22.3 Å². The molecule has 0 saturated carbocycles. The number of methoxy groups -OCH3 is 1. The summed E-state index contributed by atoms with van der Waals surface area (Å²) in [6.07, 6.45) is -4.38. The quantitative estimate of drug-likeness (QED) is 0.824. The maximum Gasteiger partial charge on any atom is 0.416 e. The van der Waals surface area contributed by atoms with Gasteiger partial charge in [-0.15, -0.1) is 0 Å². The topological polar surface area (TPSA) is 26.3 Å². The lowest BCUT2D eigenvalue weighted by molar-refractivity contribution is -0.137. The lowest BCUT2D eigenvalue weighted by Gasteiger charge is -2.09. The molecular formula is C16H15F3O2S. The summed E-state index contributed by atoms with van der Waals surface area (Å²) >= 11 is 0. The first kappa shape index (κ1) is 16.5. The molecule has 0 aliphatic carbocycles. The van der Waals surface area contributed by atoms with Gasteiger partial charge in [-0.3, -0.25) is 4.21 Å². The number of halogens is 3.